The number of aryl methyl sites for hydroxylation is 1. The molecule has 0 aliphatic carbocycles. The van der Waals surface area contributed by atoms with E-state index in [1.807, 2.05) is 43.3 Å². The highest BCUT2D eigenvalue weighted by Gasteiger charge is 2.12. The van der Waals surface area contributed by atoms with Crippen molar-refractivity contribution in [2.75, 3.05) is 5.32 Å². The van der Waals surface area contributed by atoms with Crippen molar-refractivity contribution in [2.24, 2.45) is 0 Å². The normalized spacial score (nSPS) is 10.7. The molecule has 0 fully saturated rings. The van der Waals surface area contributed by atoms with Crippen LogP contribution >= 0.6 is 11.3 Å². The second kappa shape index (κ2) is 7.05. The van der Waals surface area contributed by atoms with Crippen LogP contribution < -0.4 is 5.32 Å². The van der Waals surface area contributed by atoms with Crippen LogP contribution in [0.15, 0.2) is 71.3 Å². The van der Waals surface area contributed by atoms with E-state index < -0.39 is 4.92 Å². The van der Waals surface area contributed by atoms with Crippen LogP contribution in [0.4, 0.5) is 16.5 Å². The molecule has 6 nitrogen and oxygen atoms in total. The Labute approximate surface area is 159 Å². The number of benzene rings is 2. The molecule has 0 bridgehead atoms. The van der Waals surface area contributed by atoms with E-state index in [-0.39, 0.29) is 5.69 Å². The molecule has 0 saturated heterocycles. The lowest BCUT2D eigenvalue weighted by molar-refractivity contribution is -0.384. The highest BCUT2D eigenvalue weighted by Crippen LogP contribution is 2.34. The van der Waals surface area contributed by atoms with Crippen molar-refractivity contribution in [3.8, 4) is 22.0 Å². The number of nitro benzene ring substituents is 1. The molecular formula is C20H15N3O3S. The van der Waals surface area contributed by atoms with Crippen LogP contribution in [0.2, 0.25) is 0 Å². The van der Waals surface area contributed by atoms with Gasteiger partial charge in [-0.15, -0.1) is 0 Å². The third-order valence-corrected chi connectivity index (χ3v) is 4.95. The Balaban J connectivity index is 1.52. The molecule has 0 saturated carbocycles. The van der Waals surface area contributed by atoms with E-state index in [1.54, 1.807) is 18.3 Å². The van der Waals surface area contributed by atoms with Gasteiger partial charge in [-0.25, -0.2) is 4.98 Å². The lowest BCUT2D eigenvalue weighted by Gasteiger charge is -2.02. The number of thiazole rings is 1. The van der Waals surface area contributed by atoms with Crippen molar-refractivity contribution < 1.29 is 9.34 Å². The van der Waals surface area contributed by atoms with Crippen LogP contribution in [0, 0.1) is 17.0 Å². The Hall–Kier alpha value is -3.45. The van der Waals surface area contributed by atoms with Gasteiger partial charge in [0.05, 0.1) is 16.0 Å². The molecule has 0 unspecified atom stereocenters. The van der Waals surface area contributed by atoms with E-state index in [0.29, 0.717) is 11.5 Å². The Morgan fingerprint density at radius 2 is 1.70 bits per heavy atom. The van der Waals surface area contributed by atoms with E-state index in [9.17, 15) is 10.1 Å². The first-order valence-corrected chi connectivity index (χ1v) is 9.05. The molecule has 4 aromatic rings. The van der Waals surface area contributed by atoms with Gasteiger partial charge in [0.1, 0.15) is 11.5 Å². The summed E-state index contributed by atoms with van der Waals surface area (Å²) in [5.74, 6) is 1.36. The van der Waals surface area contributed by atoms with Crippen LogP contribution in [0.1, 0.15) is 5.56 Å². The van der Waals surface area contributed by atoms with Crippen molar-refractivity contribution in [3.05, 3.63) is 82.5 Å². The van der Waals surface area contributed by atoms with Crippen molar-refractivity contribution in [2.45, 2.75) is 6.92 Å². The van der Waals surface area contributed by atoms with Crippen LogP contribution in [0.5, 0.6) is 0 Å². The minimum Gasteiger partial charge on any atom is -0.455 e. The van der Waals surface area contributed by atoms with Crippen molar-refractivity contribution in [1.82, 2.24) is 4.98 Å². The SMILES string of the molecule is Cc1ccc(Nc2ncc(-c3ccc(-c4ccc([N+](=O)[O-])cc4)o3)s2)cc1. The Morgan fingerprint density at radius 3 is 2.41 bits per heavy atom. The second-order valence-corrected chi connectivity index (χ2v) is 7.02. The largest absolute Gasteiger partial charge is 0.455 e. The fourth-order valence-electron chi connectivity index (χ4n) is 2.58. The van der Waals surface area contributed by atoms with Gasteiger partial charge in [0.2, 0.25) is 0 Å². The number of non-ortho nitro benzene ring substituents is 1. The lowest BCUT2D eigenvalue weighted by atomic mass is 10.1. The van der Waals surface area contributed by atoms with Crippen LogP contribution in [-0.2, 0) is 0 Å². The molecule has 0 aliphatic heterocycles. The standard InChI is InChI=1S/C20H15N3O3S/c1-13-2-6-15(7-3-13)22-20-21-12-19(27-20)18-11-10-17(26-18)14-4-8-16(9-5-14)23(24)25/h2-12H,1H3,(H,21,22). The number of aromatic nitrogens is 1. The average molecular weight is 377 g/mol. The minimum absolute atomic E-state index is 0.0554. The first kappa shape index (κ1) is 17.0. The van der Waals surface area contributed by atoms with Gasteiger partial charge in [0.25, 0.3) is 5.69 Å². The maximum Gasteiger partial charge on any atom is 0.269 e. The highest BCUT2D eigenvalue weighted by atomic mass is 32.1. The zero-order valence-electron chi connectivity index (χ0n) is 14.4. The topological polar surface area (TPSA) is 81.2 Å². The summed E-state index contributed by atoms with van der Waals surface area (Å²) in [7, 11) is 0. The number of nitrogens with one attached hydrogen (secondary N) is 1. The van der Waals surface area contributed by atoms with E-state index in [0.717, 1.165) is 21.3 Å². The molecule has 4 rings (SSSR count). The molecule has 0 amide bonds. The smallest absolute Gasteiger partial charge is 0.269 e. The first-order chi connectivity index (χ1) is 13.1. The number of nitro groups is 1. The van der Waals surface area contributed by atoms with E-state index in [2.05, 4.69) is 10.3 Å². The van der Waals surface area contributed by atoms with E-state index in [4.69, 9.17) is 4.42 Å². The molecule has 27 heavy (non-hydrogen) atoms. The number of nitrogens with zero attached hydrogens (tertiary/aromatic N) is 2. The molecule has 7 heteroatoms. The molecule has 0 spiro atoms. The highest BCUT2D eigenvalue weighted by molar-refractivity contribution is 7.18. The van der Waals surface area contributed by atoms with Crippen molar-refractivity contribution in [3.63, 3.8) is 0 Å². The number of hydrogen-bond donors (Lipinski definition) is 1. The van der Waals surface area contributed by atoms with Gasteiger partial charge in [0, 0.05) is 23.4 Å². The Kier molecular flexibility index (Phi) is 4.43. The summed E-state index contributed by atoms with van der Waals surface area (Å²) in [4.78, 5) is 15.6. The molecule has 1 N–H and O–H groups in total. The summed E-state index contributed by atoms with van der Waals surface area (Å²) in [6.45, 7) is 2.05. The summed E-state index contributed by atoms with van der Waals surface area (Å²) in [6.07, 6.45) is 1.76. The van der Waals surface area contributed by atoms with Crippen molar-refractivity contribution in [1.29, 1.82) is 0 Å². The Bertz CT molecular complexity index is 1080. The van der Waals surface area contributed by atoms with Gasteiger partial charge in [-0.2, -0.15) is 0 Å². The predicted molar refractivity (Wildman–Crippen MR) is 106 cm³/mol. The maximum atomic E-state index is 10.8. The summed E-state index contributed by atoms with van der Waals surface area (Å²) in [5.41, 5.74) is 3.02. The fourth-order valence-corrected chi connectivity index (χ4v) is 3.38. The minimum atomic E-state index is -0.419. The maximum absolute atomic E-state index is 10.8. The number of furan rings is 1. The van der Waals surface area contributed by atoms with Gasteiger partial charge in [-0.3, -0.25) is 10.1 Å². The fraction of sp³-hybridized carbons (Fsp3) is 0.0500. The van der Waals surface area contributed by atoms with Crippen molar-refractivity contribution >= 4 is 27.8 Å². The van der Waals surface area contributed by atoms with E-state index in [1.165, 1.54) is 29.0 Å². The lowest BCUT2D eigenvalue weighted by Crippen LogP contribution is -1.88. The van der Waals surface area contributed by atoms with Gasteiger partial charge >= 0.3 is 0 Å². The third-order valence-electron chi connectivity index (χ3n) is 4.02. The van der Waals surface area contributed by atoms with Crippen LogP contribution in [0.25, 0.3) is 22.0 Å². The second-order valence-electron chi connectivity index (χ2n) is 5.99. The molecule has 0 atom stereocenters. The number of anilines is 2. The number of hydrogen-bond acceptors (Lipinski definition) is 6. The molecule has 134 valence electrons. The number of rotatable bonds is 5. The monoisotopic (exact) mass is 377 g/mol. The molecule has 2 aromatic heterocycles. The van der Waals surface area contributed by atoms with Crippen LogP contribution in [-0.4, -0.2) is 9.91 Å². The Morgan fingerprint density at radius 1 is 1.00 bits per heavy atom. The summed E-state index contributed by atoms with van der Waals surface area (Å²) in [6, 6.07) is 18.1. The zero-order valence-corrected chi connectivity index (χ0v) is 15.2. The summed E-state index contributed by atoms with van der Waals surface area (Å²) >= 11 is 1.49. The van der Waals surface area contributed by atoms with Gasteiger partial charge in [-0.05, 0) is 43.3 Å². The van der Waals surface area contributed by atoms with E-state index >= 15 is 0 Å². The van der Waals surface area contributed by atoms with Gasteiger partial charge < -0.3 is 9.73 Å². The summed E-state index contributed by atoms with van der Waals surface area (Å²) in [5, 5.41) is 14.8. The zero-order chi connectivity index (χ0) is 18.8. The molecule has 0 radical (unpaired) electrons. The molecular weight excluding hydrogens is 362 g/mol. The molecule has 2 aromatic carbocycles. The van der Waals surface area contributed by atoms with Gasteiger partial charge in [0.15, 0.2) is 5.13 Å². The third kappa shape index (κ3) is 3.73. The van der Waals surface area contributed by atoms with Gasteiger partial charge in [-0.1, -0.05) is 29.0 Å². The molecule has 2 heterocycles. The average Bonchev–Trinajstić information content (AvgIpc) is 3.33. The molecule has 0 aliphatic rings. The summed E-state index contributed by atoms with van der Waals surface area (Å²) < 4.78 is 5.91. The quantitative estimate of drug-likeness (QED) is 0.339. The van der Waals surface area contributed by atoms with Crippen LogP contribution in [0.3, 0.4) is 0 Å². The first-order valence-electron chi connectivity index (χ1n) is 8.23. The predicted octanol–water partition coefficient (Wildman–Crippen LogP) is 6.03.